The quantitative estimate of drug-likeness (QED) is 0.509. The number of hydrogen-bond donors (Lipinski definition) is 1. The van der Waals surface area contributed by atoms with Crippen molar-refractivity contribution < 1.29 is 27.4 Å². The molecule has 1 aliphatic heterocycles. The number of carbonyl (C=O) groups excluding carboxylic acids is 1. The van der Waals surface area contributed by atoms with Gasteiger partial charge >= 0.3 is 6.18 Å². The molecule has 0 bridgehead atoms. The minimum Gasteiger partial charge on any atom is -0.485 e. The van der Waals surface area contributed by atoms with E-state index in [1.165, 1.54) is 18.2 Å². The van der Waals surface area contributed by atoms with E-state index < -0.39 is 17.6 Å². The summed E-state index contributed by atoms with van der Waals surface area (Å²) in [5, 5.41) is 2.34. The van der Waals surface area contributed by atoms with Gasteiger partial charge in [0.2, 0.25) is 0 Å². The first kappa shape index (κ1) is 21.7. The Morgan fingerprint density at radius 3 is 2.47 bits per heavy atom. The Morgan fingerprint density at radius 1 is 1.03 bits per heavy atom. The van der Waals surface area contributed by atoms with Crippen LogP contribution >= 0.6 is 0 Å². The first-order chi connectivity index (χ1) is 15.1. The van der Waals surface area contributed by atoms with E-state index in [4.69, 9.17) is 9.47 Å². The van der Waals surface area contributed by atoms with Crippen molar-refractivity contribution in [3.63, 3.8) is 0 Å². The molecule has 0 saturated carbocycles. The average molecular weight is 441 g/mol. The normalized spacial score (nSPS) is 14.4. The highest BCUT2D eigenvalue weighted by Gasteiger charge is 2.34. The molecule has 1 N–H and O–H groups in total. The molecule has 166 valence electrons. The molecule has 0 atom stereocenters. The minimum absolute atomic E-state index is 0.247. The Hall–Kier alpha value is -3.48. The van der Waals surface area contributed by atoms with Gasteiger partial charge in [-0.1, -0.05) is 36.4 Å². The van der Waals surface area contributed by atoms with Gasteiger partial charge in [-0.05, 0) is 49.7 Å². The lowest BCUT2D eigenvalue weighted by Gasteiger charge is -2.18. The Labute approximate surface area is 184 Å². The standard InChI is InChI=1S/C25H22F3NO3/c1-24(2)14-18-6-5-9-21(22(18)32-24)31-15-16-10-12-17(13-11-16)23(30)29-20-8-4-3-7-19(20)25(26,27)28/h3-13H,14-15H2,1-2H3,(H,29,30). The van der Waals surface area contributed by atoms with E-state index in [9.17, 15) is 18.0 Å². The molecule has 4 rings (SSSR count). The number of amides is 1. The van der Waals surface area contributed by atoms with Gasteiger partial charge < -0.3 is 14.8 Å². The number of carbonyl (C=O) groups is 1. The number of nitrogens with one attached hydrogen (secondary N) is 1. The molecule has 32 heavy (non-hydrogen) atoms. The number of hydrogen-bond acceptors (Lipinski definition) is 3. The van der Waals surface area contributed by atoms with Crippen LogP contribution in [0, 0.1) is 0 Å². The Morgan fingerprint density at radius 2 is 1.75 bits per heavy atom. The molecule has 3 aromatic rings. The zero-order chi connectivity index (χ0) is 22.9. The second-order valence-corrected chi connectivity index (χ2v) is 8.27. The number of rotatable bonds is 5. The molecule has 0 radical (unpaired) electrons. The number of benzene rings is 3. The fourth-order valence-electron chi connectivity index (χ4n) is 3.65. The van der Waals surface area contributed by atoms with Crippen LogP contribution in [0.3, 0.4) is 0 Å². The number of alkyl halides is 3. The van der Waals surface area contributed by atoms with E-state index in [1.54, 1.807) is 24.3 Å². The van der Waals surface area contributed by atoms with Crippen molar-refractivity contribution in [1.82, 2.24) is 0 Å². The van der Waals surface area contributed by atoms with Crippen molar-refractivity contribution in [2.75, 3.05) is 5.32 Å². The highest BCUT2D eigenvalue weighted by atomic mass is 19.4. The summed E-state index contributed by atoms with van der Waals surface area (Å²) in [5.41, 5.74) is 0.709. The summed E-state index contributed by atoms with van der Waals surface area (Å²) in [7, 11) is 0. The van der Waals surface area contributed by atoms with Crippen LogP contribution in [-0.4, -0.2) is 11.5 Å². The molecule has 1 amide bonds. The van der Waals surface area contributed by atoms with Gasteiger partial charge in [-0.25, -0.2) is 0 Å². The fraction of sp³-hybridized carbons (Fsp3) is 0.240. The largest absolute Gasteiger partial charge is 0.485 e. The molecule has 7 heteroatoms. The van der Waals surface area contributed by atoms with E-state index in [0.717, 1.165) is 29.4 Å². The molecule has 0 aromatic heterocycles. The lowest BCUT2D eigenvalue weighted by atomic mass is 10.0. The van der Waals surface area contributed by atoms with Gasteiger partial charge in [0.1, 0.15) is 12.2 Å². The Kier molecular flexibility index (Phi) is 5.59. The zero-order valence-electron chi connectivity index (χ0n) is 17.6. The third kappa shape index (κ3) is 4.72. The van der Waals surface area contributed by atoms with Gasteiger partial charge in [0.05, 0.1) is 11.3 Å². The maximum Gasteiger partial charge on any atom is 0.418 e. The molecule has 0 spiro atoms. The first-order valence-corrected chi connectivity index (χ1v) is 10.1. The maximum atomic E-state index is 13.1. The minimum atomic E-state index is -4.55. The van der Waals surface area contributed by atoms with Gasteiger partial charge in [0.15, 0.2) is 11.5 Å². The summed E-state index contributed by atoms with van der Waals surface area (Å²) < 4.78 is 51.3. The van der Waals surface area contributed by atoms with E-state index >= 15 is 0 Å². The van der Waals surface area contributed by atoms with Crippen molar-refractivity contribution in [2.45, 2.75) is 38.7 Å². The van der Waals surface area contributed by atoms with E-state index in [1.807, 2.05) is 32.0 Å². The molecule has 0 fully saturated rings. The fourth-order valence-corrected chi connectivity index (χ4v) is 3.65. The van der Waals surface area contributed by atoms with Crippen molar-refractivity contribution in [3.8, 4) is 11.5 Å². The summed E-state index contributed by atoms with van der Waals surface area (Å²) >= 11 is 0. The van der Waals surface area contributed by atoms with Crippen LogP contribution in [0.4, 0.5) is 18.9 Å². The molecule has 1 heterocycles. The van der Waals surface area contributed by atoms with Crippen LogP contribution in [0.2, 0.25) is 0 Å². The van der Waals surface area contributed by atoms with Gasteiger partial charge in [0.25, 0.3) is 5.91 Å². The van der Waals surface area contributed by atoms with Crippen molar-refractivity contribution in [3.05, 3.63) is 89.0 Å². The predicted molar refractivity (Wildman–Crippen MR) is 115 cm³/mol. The molecule has 0 saturated heterocycles. The summed E-state index contributed by atoms with van der Waals surface area (Å²) in [6.07, 6.45) is -3.75. The third-order valence-corrected chi connectivity index (χ3v) is 5.15. The van der Waals surface area contributed by atoms with Crippen molar-refractivity contribution in [1.29, 1.82) is 0 Å². The van der Waals surface area contributed by atoms with Gasteiger partial charge in [-0.3, -0.25) is 4.79 Å². The number of fused-ring (bicyclic) bond motifs is 1. The topological polar surface area (TPSA) is 47.6 Å². The van der Waals surface area contributed by atoms with Gasteiger partial charge in [-0.15, -0.1) is 0 Å². The molecular weight excluding hydrogens is 419 g/mol. The number of halogens is 3. The van der Waals surface area contributed by atoms with E-state index in [-0.39, 0.29) is 23.5 Å². The SMILES string of the molecule is CC1(C)Cc2cccc(OCc3ccc(C(=O)Nc4ccccc4C(F)(F)F)cc3)c2O1. The second kappa shape index (κ2) is 8.22. The third-order valence-electron chi connectivity index (χ3n) is 5.15. The number of anilines is 1. The predicted octanol–water partition coefficient (Wildman–Crippen LogP) is 6.25. The summed E-state index contributed by atoms with van der Waals surface area (Å²) in [5.74, 6) is 0.779. The summed E-state index contributed by atoms with van der Waals surface area (Å²) in [6, 6.07) is 17.2. The lowest BCUT2D eigenvalue weighted by molar-refractivity contribution is -0.136. The van der Waals surface area contributed by atoms with E-state index in [0.29, 0.717) is 5.75 Å². The first-order valence-electron chi connectivity index (χ1n) is 10.1. The van der Waals surface area contributed by atoms with Crippen molar-refractivity contribution in [2.24, 2.45) is 0 Å². The molecule has 3 aromatic carbocycles. The van der Waals surface area contributed by atoms with Crippen LogP contribution in [-0.2, 0) is 19.2 Å². The molecule has 0 unspecified atom stereocenters. The maximum absolute atomic E-state index is 13.1. The molecule has 4 nitrogen and oxygen atoms in total. The highest BCUT2D eigenvalue weighted by Crippen LogP contribution is 2.42. The number of para-hydroxylation sites is 2. The monoisotopic (exact) mass is 441 g/mol. The Balaban J connectivity index is 1.42. The van der Waals surface area contributed by atoms with Crippen LogP contribution < -0.4 is 14.8 Å². The smallest absolute Gasteiger partial charge is 0.418 e. The van der Waals surface area contributed by atoms with Crippen LogP contribution in [0.1, 0.15) is 40.9 Å². The molecule has 1 aliphatic rings. The summed E-state index contributed by atoms with van der Waals surface area (Å²) in [4.78, 5) is 12.4. The molecular formula is C25H22F3NO3. The highest BCUT2D eigenvalue weighted by molar-refractivity contribution is 6.04. The van der Waals surface area contributed by atoms with Crippen molar-refractivity contribution >= 4 is 11.6 Å². The number of ether oxygens (including phenoxy) is 2. The average Bonchev–Trinajstić information content (AvgIpc) is 3.06. The zero-order valence-corrected chi connectivity index (χ0v) is 17.6. The van der Waals surface area contributed by atoms with Crippen LogP contribution in [0.25, 0.3) is 0 Å². The second-order valence-electron chi connectivity index (χ2n) is 8.27. The van der Waals surface area contributed by atoms with Gasteiger partial charge in [0, 0.05) is 17.5 Å². The Bertz CT molecular complexity index is 1140. The summed E-state index contributed by atoms with van der Waals surface area (Å²) in [6.45, 7) is 4.31. The van der Waals surface area contributed by atoms with Crippen LogP contribution in [0.15, 0.2) is 66.7 Å². The van der Waals surface area contributed by atoms with E-state index in [2.05, 4.69) is 5.32 Å². The van der Waals surface area contributed by atoms with Gasteiger partial charge in [-0.2, -0.15) is 13.2 Å². The lowest BCUT2D eigenvalue weighted by Crippen LogP contribution is -2.24. The molecule has 0 aliphatic carbocycles. The van der Waals surface area contributed by atoms with Crippen LogP contribution in [0.5, 0.6) is 11.5 Å².